The average molecular weight is 216 g/mol. The molecule has 1 unspecified atom stereocenters. The van der Waals surface area contributed by atoms with E-state index in [4.69, 9.17) is 5.21 Å². The molecule has 0 aromatic heterocycles. The smallest absolute Gasteiger partial charge is 0.243 e. The van der Waals surface area contributed by atoms with Gasteiger partial charge in [-0.3, -0.25) is 14.8 Å². The number of amides is 1. The molecular weight excluding hydrogens is 196 g/mol. The molecule has 88 valence electrons. The zero-order valence-electron chi connectivity index (χ0n) is 9.38. The van der Waals surface area contributed by atoms with Crippen LogP contribution in [0.2, 0.25) is 0 Å². The summed E-state index contributed by atoms with van der Waals surface area (Å²) in [6.45, 7) is 4.56. The molecule has 5 heteroatoms. The Morgan fingerprint density at radius 2 is 1.93 bits per heavy atom. The minimum Gasteiger partial charge on any atom is -0.308 e. The number of rotatable bonds is 8. The Bertz CT molecular complexity index is 207. The molecule has 0 heterocycles. The number of ketones is 1. The Morgan fingerprint density at radius 3 is 2.40 bits per heavy atom. The van der Waals surface area contributed by atoms with Crippen LogP contribution in [0.1, 0.15) is 39.5 Å². The zero-order chi connectivity index (χ0) is 11.7. The monoisotopic (exact) mass is 216 g/mol. The molecule has 0 rings (SSSR count). The average Bonchev–Trinajstić information content (AvgIpc) is 2.23. The first-order chi connectivity index (χ1) is 7.15. The third-order valence-corrected chi connectivity index (χ3v) is 2.12. The van der Waals surface area contributed by atoms with Gasteiger partial charge in [0.05, 0.1) is 6.04 Å². The Labute approximate surface area is 90.2 Å². The number of Topliss-reactive ketones (excluding diaryl/α,β-unsaturated/α-hetero) is 1. The summed E-state index contributed by atoms with van der Waals surface area (Å²) in [6.07, 6.45) is 1.92. The molecule has 0 saturated carbocycles. The van der Waals surface area contributed by atoms with Gasteiger partial charge in [0.2, 0.25) is 5.91 Å². The first-order valence-electron chi connectivity index (χ1n) is 5.34. The van der Waals surface area contributed by atoms with E-state index in [-0.39, 0.29) is 18.2 Å². The Balaban J connectivity index is 4.02. The van der Waals surface area contributed by atoms with Crippen molar-refractivity contribution in [1.29, 1.82) is 0 Å². The number of carbonyl (C=O) groups excluding carboxylic acids is 2. The summed E-state index contributed by atoms with van der Waals surface area (Å²) in [6, 6.07) is -0.271. The first-order valence-corrected chi connectivity index (χ1v) is 5.34. The van der Waals surface area contributed by atoms with Crippen molar-refractivity contribution in [3.8, 4) is 0 Å². The maximum atomic E-state index is 11.6. The lowest BCUT2D eigenvalue weighted by Gasteiger charge is -2.15. The van der Waals surface area contributed by atoms with Crippen molar-refractivity contribution in [3.05, 3.63) is 0 Å². The minimum atomic E-state index is -0.456. The van der Waals surface area contributed by atoms with Gasteiger partial charge in [0.15, 0.2) is 0 Å². The second-order valence-corrected chi connectivity index (χ2v) is 3.40. The first kappa shape index (κ1) is 14.1. The maximum Gasteiger partial charge on any atom is 0.243 e. The van der Waals surface area contributed by atoms with E-state index in [2.05, 4.69) is 5.32 Å². The summed E-state index contributed by atoms with van der Waals surface area (Å²) in [5.41, 5.74) is 1.56. The van der Waals surface area contributed by atoms with E-state index >= 15 is 0 Å². The van der Waals surface area contributed by atoms with Crippen LogP contribution in [0.5, 0.6) is 0 Å². The SMILES string of the molecule is CCCC(=O)C(CCC(=O)NO)NCC. The summed E-state index contributed by atoms with van der Waals surface area (Å²) in [5, 5.41) is 11.4. The van der Waals surface area contributed by atoms with Gasteiger partial charge in [0.1, 0.15) is 5.78 Å². The Kier molecular flexibility index (Phi) is 7.85. The van der Waals surface area contributed by atoms with Crippen LogP contribution < -0.4 is 10.8 Å². The van der Waals surface area contributed by atoms with Crippen LogP contribution in [0.15, 0.2) is 0 Å². The lowest BCUT2D eigenvalue weighted by Crippen LogP contribution is -2.37. The number of carbonyl (C=O) groups is 2. The molecule has 0 aromatic rings. The van der Waals surface area contributed by atoms with Crippen molar-refractivity contribution in [2.24, 2.45) is 0 Å². The van der Waals surface area contributed by atoms with Crippen molar-refractivity contribution < 1.29 is 14.8 Å². The molecule has 15 heavy (non-hydrogen) atoms. The van der Waals surface area contributed by atoms with Crippen LogP contribution in [0.3, 0.4) is 0 Å². The Hall–Kier alpha value is -0.940. The van der Waals surface area contributed by atoms with Gasteiger partial charge in [-0.2, -0.15) is 0 Å². The van der Waals surface area contributed by atoms with Crippen LogP contribution >= 0.6 is 0 Å². The summed E-state index contributed by atoms with van der Waals surface area (Å²) in [4.78, 5) is 22.4. The van der Waals surface area contributed by atoms with Crippen LogP contribution in [-0.4, -0.2) is 29.5 Å². The van der Waals surface area contributed by atoms with E-state index in [1.54, 1.807) is 5.48 Å². The van der Waals surface area contributed by atoms with Crippen LogP contribution in [0.4, 0.5) is 0 Å². The normalized spacial score (nSPS) is 12.2. The molecule has 0 saturated heterocycles. The van der Waals surface area contributed by atoms with E-state index in [1.807, 2.05) is 13.8 Å². The fourth-order valence-electron chi connectivity index (χ4n) is 1.38. The number of likely N-dealkylation sites (N-methyl/N-ethyl adjacent to an activating group) is 1. The molecule has 3 N–H and O–H groups in total. The number of hydrogen-bond donors (Lipinski definition) is 3. The second kappa shape index (κ2) is 8.38. The molecule has 1 amide bonds. The van der Waals surface area contributed by atoms with Gasteiger partial charge < -0.3 is 5.32 Å². The van der Waals surface area contributed by atoms with Crippen molar-refractivity contribution in [2.45, 2.75) is 45.6 Å². The van der Waals surface area contributed by atoms with Crippen molar-refractivity contribution in [2.75, 3.05) is 6.54 Å². The molecule has 0 spiro atoms. The van der Waals surface area contributed by atoms with E-state index in [1.165, 1.54) is 0 Å². The molecular formula is C10H20N2O3. The maximum absolute atomic E-state index is 11.6. The number of nitrogens with one attached hydrogen (secondary N) is 2. The second-order valence-electron chi connectivity index (χ2n) is 3.40. The van der Waals surface area contributed by atoms with Gasteiger partial charge >= 0.3 is 0 Å². The molecule has 0 fully saturated rings. The number of hydrogen-bond acceptors (Lipinski definition) is 4. The van der Waals surface area contributed by atoms with Gasteiger partial charge in [-0.05, 0) is 19.4 Å². The Morgan fingerprint density at radius 1 is 1.27 bits per heavy atom. The summed E-state index contributed by atoms with van der Waals surface area (Å²) in [7, 11) is 0. The fourth-order valence-corrected chi connectivity index (χ4v) is 1.38. The highest BCUT2D eigenvalue weighted by Gasteiger charge is 2.17. The van der Waals surface area contributed by atoms with Crippen molar-refractivity contribution in [3.63, 3.8) is 0 Å². The highest BCUT2D eigenvalue weighted by Crippen LogP contribution is 2.03. The third kappa shape index (κ3) is 6.19. The van der Waals surface area contributed by atoms with Gasteiger partial charge in [0.25, 0.3) is 0 Å². The van der Waals surface area contributed by atoms with Crippen molar-refractivity contribution in [1.82, 2.24) is 10.8 Å². The molecule has 0 aliphatic rings. The molecule has 0 aromatic carbocycles. The lowest BCUT2D eigenvalue weighted by molar-refractivity contribution is -0.129. The van der Waals surface area contributed by atoms with Crippen LogP contribution in [0.25, 0.3) is 0 Å². The number of hydroxylamine groups is 1. The minimum absolute atomic E-state index is 0.130. The molecule has 5 nitrogen and oxygen atoms in total. The zero-order valence-corrected chi connectivity index (χ0v) is 9.38. The predicted molar refractivity (Wildman–Crippen MR) is 56.5 cm³/mol. The van der Waals surface area contributed by atoms with Gasteiger partial charge in [-0.15, -0.1) is 0 Å². The third-order valence-electron chi connectivity index (χ3n) is 2.12. The molecule has 0 radical (unpaired) electrons. The largest absolute Gasteiger partial charge is 0.308 e. The molecule has 1 atom stereocenters. The summed E-state index contributed by atoms with van der Waals surface area (Å²) >= 11 is 0. The van der Waals surface area contributed by atoms with Crippen LogP contribution in [-0.2, 0) is 9.59 Å². The standard InChI is InChI=1S/C10H20N2O3/c1-3-5-9(13)8(11-4-2)6-7-10(14)12-15/h8,11,15H,3-7H2,1-2H3,(H,12,14). The predicted octanol–water partition coefficient (Wildman–Crippen LogP) is 0.619. The van der Waals surface area contributed by atoms with E-state index < -0.39 is 5.91 Å². The summed E-state index contributed by atoms with van der Waals surface area (Å²) in [5.74, 6) is -0.327. The van der Waals surface area contributed by atoms with E-state index in [9.17, 15) is 9.59 Å². The topological polar surface area (TPSA) is 78.4 Å². The molecule has 0 aliphatic carbocycles. The van der Waals surface area contributed by atoms with E-state index in [0.717, 1.165) is 6.42 Å². The highest BCUT2D eigenvalue weighted by molar-refractivity contribution is 5.84. The quantitative estimate of drug-likeness (QED) is 0.410. The van der Waals surface area contributed by atoms with Crippen LogP contribution in [0, 0.1) is 0 Å². The highest BCUT2D eigenvalue weighted by atomic mass is 16.5. The van der Waals surface area contributed by atoms with Gasteiger partial charge in [0, 0.05) is 12.8 Å². The van der Waals surface area contributed by atoms with Gasteiger partial charge in [-0.1, -0.05) is 13.8 Å². The lowest BCUT2D eigenvalue weighted by atomic mass is 10.0. The van der Waals surface area contributed by atoms with Crippen molar-refractivity contribution >= 4 is 11.7 Å². The summed E-state index contributed by atoms with van der Waals surface area (Å²) < 4.78 is 0. The van der Waals surface area contributed by atoms with Gasteiger partial charge in [-0.25, -0.2) is 5.48 Å². The molecule has 0 aliphatic heterocycles. The molecule has 0 bridgehead atoms. The fraction of sp³-hybridized carbons (Fsp3) is 0.800. The van der Waals surface area contributed by atoms with E-state index in [0.29, 0.717) is 19.4 Å².